The molecule has 0 aliphatic carbocycles. The van der Waals surface area contributed by atoms with E-state index in [0.29, 0.717) is 6.54 Å². The van der Waals surface area contributed by atoms with Gasteiger partial charge in [-0.25, -0.2) is 12.7 Å². The van der Waals surface area contributed by atoms with Crippen LogP contribution in [0.25, 0.3) is 0 Å². The van der Waals surface area contributed by atoms with E-state index in [2.05, 4.69) is 5.43 Å². The molecule has 6 heteroatoms. The largest absolute Gasteiger partial charge is 0.271 e. The van der Waals surface area contributed by atoms with Crippen LogP contribution in [0.4, 0.5) is 0 Å². The lowest BCUT2D eigenvalue weighted by Crippen LogP contribution is -2.51. The minimum atomic E-state index is -3.13. The lowest BCUT2D eigenvalue weighted by molar-refractivity contribution is 0.237. The molecule has 5 nitrogen and oxygen atoms in total. The molecule has 0 aromatic rings. The topological polar surface area (TPSA) is 75.4 Å². The first-order chi connectivity index (χ1) is 6.65. The normalized spacial score (nSPS) is 15.7. The van der Waals surface area contributed by atoms with Crippen molar-refractivity contribution in [2.45, 2.75) is 33.7 Å². The van der Waals surface area contributed by atoms with Crippen LogP contribution in [0.15, 0.2) is 0 Å². The molecule has 0 radical (unpaired) electrons. The average molecular weight is 237 g/mol. The Kier molecular flexibility index (Phi) is 5.19. The maximum Gasteiger partial charge on any atom is 0.213 e. The van der Waals surface area contributed by atoms with Gasteiger partial charge in [-0.2, -0.15) is 0 Å². The molecule has 0 heterocycles. The average Bonchev–Trinajstić information content (AvgIpc) is 2.11. The monoisotopic (exact) mass is 237 g/mol. The quantitative estimate of drug-likeness (QED) is 0.527. The fourth-order valence-corrected chi connectivity index (χ4v) is 1.98. The van der Waals surface area contributed by atoms with Gasteiger partial charge < -0.3 is 0 Å². The van der Waals surface area contributed by atoms with Crippen LogP contribution >= 0.6 is 0 Å². The Morgan fingerprint density at radius 3 is 2.13 bits per heavy atom. The third kappa shape index (κ3) is 4.46. The summed E-state index contributed by atoms with van der Waals surface area (Å²) in [5.74, 6) is 5.54. The zero-order valence-corrected chi connectivity index (χ0v) is 11.1. The number of nitrogens with two attached hydrogens (primary N) is 1. The molecule has 92 valence electrons. The predicted octanol–water partition coefficient (Wildman–Crippen LogP) is 0.146. The van der Waals surface area contributed by atoms with Gasteiger partial charge in [-0.1, -0.05) is 20.8 Å². The van der Waals surface area contributed by atoms with Crippen LogP contribution in [-0.2, 0) is 10.0 Å². The molecule has 0 amide bonds. The second-order valence-electron chi connectivity index (χ2n) is 4.77. The maximum atomic E-state index is 11.5. The molecule has 0 aromatic heterocycles. The minimum Gasteiger partial charge on any atom is -0.271 e. The van der Waals surface area contributed by atoms with E-state index in [-0.39, 0.29) is 17.2 Å². The van der Waals surface area contributed by atoms with Crippen molar-refractivity contribution in [1.82, 2.24) is 9.73 Å². The highest BCUT2D eigenvalue weighted by molar-refractivity contribution is 7.89. The third-order valence-electron chi connectivity index (χ3n) is 2.53. The summed E-state index contributed by atoms with van der Waals surface area (Å²) in [5.41, 5.74) is 2.59. The van der Waals surface area contributed by atoms with Crippen molar-refractivity contribution in [2.24, 2.45) is 11.3 Å². The van der Waals surface area contributed by atoms with Crippen LogP contribution in [0.5, 0.6) is 0 Å². The van der Waals surface area contributed by atoms with Gasteiger partial charge in [0.15, 0.2) is 0 Å². The van der Waals surface area contributed by atoms with Gasteiger partial charge in [0, 0.05) is 19.6 Å². The van der Waals surface area contributed by atoms with Crippen molar-refractivity contribution in [2.75, 3.05) is 19.3 Å². The van der Waals surface area contributed by atoms with Gasteiger partial charge in [0.1, 0.15) is 0 Å². The Hall–Kier alpha value is -0.170. The second-order valence-corrected chi connectivity index (χ2v) is 7.13. The van der Waals surface area contributed by atoms with Crippen molar-refractivity contribution in [3.05, 3.63) is 0 Å². The molecule has 0 spiro atoms. The molecule has 0 rings (SSSR count). The van der Waals surface area contributed by atoms with Crippen molar-refractivity contribution < 1.29 is 8.42 Å². The molecule has 3 N–H and O–H groups in total. The summed E-state index contributed by atoms with van der Waals surface area (Å²) in [6, 6.07) is -0.0659. The SMILES string of the molecule is CCS(=O)(=O)N(C)C[C@@H](NN)C(C)(C)C. The number of hydrogen-bond donors (Lipinski definition) is 2. The van der Waals surface area contributed by atoms with Gasteiger partial charge >= 0.3 is 0 Å². The Labute approximate surface area is 93.0 Å². The van der Waals surface area contributed by atoms with Crippen LogP contribution in [0.2, 0.25) is 0 Å². The molecule has 0 fully saturated rings. The van der Waals surface area contributed by atoms with E-state index in [4.69, 9.17) is 5.84 Å². The molecule has 0 aromatic carbocycles. The zero-order chi connectivity index (χ0) is 12.3. The van der Waals surface area contributed by atoms with E-state index < -0.39 is 10.0 Å². The fraction of sp³-hybridized carbons (Fsp3) is 1.00. The second kappa shape index (κ2) is 5.25. The van der Waals surface area contributed by atoms with E-state index in [0.717, 1.165) is 0 Å². The van der Waals surface area contributed by atoms with Gasteiger partial charge in [-0.15, -0.1) is 0 Å². The van der Waals surface area contributed by atoms with E-state index in [1.165, 1.54) is 4.31 Å². The highest BCUT2D eigenvalue weighted by Gasteiger charge is 2.27. The summed E-state index contributed by atoms with van der Waals surface area (Å²) < 4.78 is 24.4. The number of nitrogens with one attached hydrogen (secondary N) is 1. The minimum absolute atomic E-state index is 0.0659. The van der Waals surface area contributed by atoms with E-state index in [1.807, 2.05) is 20.8 Å². The van der Waals surface area contributed by atoms with Crippen molar-refractivity contribution >= 4 is 10.0 Å². The summed E-state index contributed by atoms with van der Waals surface area (Å²) in [5, 5.41) is 0. The molecule has 0 bridgehead atoms. The summed E-state index contributed by atoms with van der Waals surface area (Å²) in [6.07, 6.45) is 0. The molecular weight excluding hydrogens is 214 g/mol. The molecular formula is C9H23N3O2S. The molecule has 0 unspecified atom stereocenters. The first-order valence-electron chi connectivity index (χ1n) is 5.05. The van der Waals surface area contributed by atoms with Crippen LogP contribution in [0.1, 0.15) is 27.7 Å². The highest BCUT2D eigenvalue weighted by atomic mass is 32.2. The van der Waals surface area contributed by atoms with Gasteiger partial charge in [0.25, 0.3) is 0 Å². The smallest absolute Gasteiger partial charge is 0.213 e. The fourth-order valence-electron chi connectivity index (χ4n) is 1.17. The first kappa shape index (κ1) is 14.8. The molecule has 15 heavy (non-hydrogen) atoms. The van der Waals surface area contributed by atoms with Crippen LogP contribution < -0.4 is 11.3 Å². The lowest BCUT2D eigenvalue weighted by atomic mass is 9.87. The van der Waals surface area contributed by atoms with E-state index in [1.54, 1.807) is 14.0 Å². The summed E-state index contributed by atoms with van der Waals surface area (Å²) in [6.45, 7) is 8.07. The Morgan fingerprint density at radius 2 is 1.87 bits per heavy atom. The van der Waals surface area contributed by atoms with Crippen LogP contribution in [0, 0.1) is 5.41 Å². The maximum absolute atomic E-state index is 11.5. The summed E-state index contributed by atoms with van der Waals surface area (Å²) in [4.78, 5) is 0. The van der Waals surface area contributed by atoms with Crippen LogP contribution in [-0.4, -0.2) is 38.1 Å². The number of hydrogen-bond acceptors (Lipinski definition) is 4. The van der Waals surface area contributed by atoms with Gasteiger partial charge in [-0.05, 0) is 12.3 Å². The van der Waals surface area contributed by atoms with Crippen LogP contribution in [0.3, 0.4) is 0 Å². The Bertz CT molecular complexity index is 282. The molecule has 0 saturated heterocycles. The van der Waals surface area contributed by atoms with Gasteiger partial charge in [-0.3, -0.25) is 11.3 Å². The summed E-state index contributed by atoms with van der Waals surface area (Å²) in [7, 11) is -1.55. The van der Waals surface area contributed by atoms with Crippen molar-refractivity contribution in [3.8, 4) is 0 Å². The van der Waals surface area contributed by atoms with Gasteiger partial charge in [0.2, 0.25) is 10.0 Å². The number of nitrogens with zero attached hydrogens (tertiary/aromatic N) is 1. The molecule has 0 aliphatic rings. The Morgan fingerprint density at radius 1 is 1.40 bits per heavy atom. The third-order valence-corrected chi connectivity index (χ3v) is 4.35. The Balaban J connectivity index is 4.59. The molecule has 0 aliphatic heterocycles. The number of rotatable bonds is 5. The molecule has 0 saturated carbocycles. The number of likely N-dealkylation sites (N-methyl/N-ethyl adjacent to an activating group) is 1. The van der Waals surface area contributed by atoms with E-state index >= 15 is 0 Å². The number of hydrazine groups is 1. The van der Waals surface area contributed by atoms with Crippen molar-refractivity contribution in [1.29, 1.82) is 0 Å². The standard InChI is InChI=1S/C9H23N3O2S/c1-6-15(13,14)12(5)7-8(11-10)9(2,3)4/h8,11H,6-7,10H2,1-5H3/t8-/m1/s1. The summed E-state index contributed by atoms with van der Waals surface area (Å²) >= 11 is 0. The number of sulfonamides is 1. The lowest BCUT2D eigenvalue weighted by Gasteiger charge is -2.32. The zero-order valence-electron chi connectivity index (χ0n) is 10.2. The predicted molar refractivity (Wildman–Crippen MR) is 62.7 cm³/mol. The highest BCUT2D eigenvalue weighted by Crippen LogP contribution is 2.19. The van der Waals surface area contributed by atoms with Crippen molar-refractivity contribution in [3.63, 3.8) is 0 Å². The van der Waals surface area contributed by atoms with E-state index in [9.17, 15) is 8.42 Å². The first-order valence-corrected chi connectivity index (χ1v) is 6.66. The molecule has 1 atom stereocenters. The van der Waals surface area contributed by atoms with Gasteiger partial charge in [0.05, 0.1) is 5.75 Å².